The molecule has 1 rings (SSSR count). The molecule has 2 nitrogen and oxygen atoms in total. The lowest BCUT2D eigenvalue weighted by Crippen LogP contribution is -1.91. The molecular weight excluding hydrogens is 136 g/mol. The van der Waals surface area contributed by atoms with E-state index in [1.54, 1.807) is 6.20 Å². The van der Waals surface area contributed by atoms with Crippen LogP contribution in [0.1, 0.15) is 12.5 Å². The molecule has 0 aromatic carbocycles. The van der Waals surface area contributed by atoms with Gasteiger partial charge in [-0.15, -0.1) is 0 Å². The topological polar surface area (TPSA) is 24.9 Å². The standard InChI is InChI=1S/C9H12N2/c1-3-4-8-5-6-11-7-9(8)10-2/h3-7,10H,1-2H3/b4-3+. The second-order valence-corrected chi connectivity index (χ2v) is 2.21. The van der Waals surface area contributed by atoms with Crippen LogP contribution in [-0.4, -0.2) is 12.0 Å². The average Bonchev–Trinajstić information content (AvgIpc) is 2.06. The molecule has 11 heavy (non-hydrogen) atoms. The van der Waals surface area contributed by atoms with Gasteiger partial charge in [0.05, 0.1) is 11.9 Å². The van der Waals surface area contributed by atoms with Gasteiger partial charge in [-0.1, -0.05) is 12.2 Å². The zero-order valence-corrected chi connectivity index (χ0v) is 6.83. The SMILES string of the molecule is C/C=C/c1ccncc1NC. The van der Waals surface area contributed by atoms with Crippen LogP contribution in [0.4, 0.5) is 5.69 Å². The minimum Gasteiger partial charge on any atom is -0.386 e. The Hall–Kier alpha value is -1.31. The number of aromatic nitrogens is 1. The third-order valence-electron chi connectivity index (χ3n) is 1.47. The lowest BCUT2D eigenvalue weighted by Gasteiger charge is -2.02. The number of nitrogens with zero attached hydrogens (tertiary/aromatic N) is 1. The quantitative estimate of drug-likeness (QED) is 0.695. The van der Waals surface area contributed by atoms with Crippen LogP contribution in [0, 0.1) is 0 Å². The van der Waals surface area contributed by atoms with E-state index in [4.69, 9.17) is 0 Å². The average molecular weight is 148 g/mol. The first-order valence-electron chi connectivity index (χ1n) is 3.63. The second kappa shape index (κ2) is 3.76. The fourth-order valence-electron chi connectivity index (χ4n) is 0.939. The van der Waals surface area contributed by atoms with Crippen LogP contribution in [0.5, 0.6) is 0 Å². The predicted molar refractivity (Wildman–Crippen MR) is 48.5 cm³/mol. The zero-order valence-electron chi connectivity index (χ0n) is 6.83. The summed E-state index contributed by atoms with van der Waals surface area (Å²) < 4.78 is 0. The molecule has 0 aliphatic rings. The molecule has 0 aliphatic heterocycles. The van der Waals surface area contributed by atoms with Gasteiger partial charge < -0.3 is 5.32 Å². The molecule has 0 amide bonds. The molecule has 0 radical (unpaired) electrons. The Kier molecular flexibility index (Phi) is 2.66. The van der Waals surface area contributed by atoms with Crippen LogP contribution in [0.3, 0.4) is 0 Å². The van der Waals surface area contributed by atoms with Crippen LogP contribution in [0.25, 0.3) is 6.08 Å². The normalized spacial score (nSPS) is 10.4. The van der Waals surface area contributed by atoms with Gasteiger partial charge in [-0.3, -0.25) is 4.98 Å². The maximum Gasteiger partial charge on any atom is 0.0597 e. The highest BCUT2D eigenvalue weighted by Gasteiger charge is 1.93. The van der Waals surface area contributed by atoms with Gasteiger partial charge in [0.25, 0.3) is 0 Å². The minimum atomic E-state index is 1.06. The Morgan fingerprint density at radius 3 is 3.00 bits per heavy atom. The van der Waals surface area contributed by atoms with Crippen LogP contribution in [0.2, 0.25) is 0 Å². The summed E-state index contributed by atoms with van der Waals surface area (Å²) in [7, 11) is 1.89. The molecule has 1 heterocycles. The summed E-state index contributed by atoms with van der Waals surface area (Å²) in [5.41, 5.74) is 2.23. The first-order chi connectivity index (χ1) is 5.38. The van der Waals surface area contributed by atoms with E-state index in [-0.39, 0.29) is 0 Å². The Bertz CT molecular complexity index is 253. The monoisotopic (exact) mass is 148 g/mol. The van der Waals surface area contributed by atoms with E-state index in [1.165, 1.54) is 5.56 Å². The number of nitrogens with one attached hydrogen (secondary N) is 1. The van der Waals surface area contributed by atoms with E-state index >= 15 is 0 Å². The Morgan fingerprint density at radius 2 is 2.36 bits per heavy atom. The van der Waals surface area contributed by atoms with Crippen molar-refractivity contribution in [1.82, 2.24) is 4.98 Å². The van der Waals surface area contributed by atoms with Gasteiger partial charge >= 0.3 is 0 Å². The molecule has 0 atom stereocenters. The number of hydrogen-bond donors (Lipinski definition) is 1. The van der Waals surface area contributed by atoms with Crippen molar-refractivity contribution in [2.24, 2.45) is 0 Å². The van der Waals surface area contributed by atoms with Crippen molar-refractivity contribution in [2.45, 2.75) is 6.92 Å². The highest BCUT2D eigenvalue weighted by Crippen LogP contribution is 2.13. The molecule has 0 unspecified atom stereocenters. The zero-order chi connectivity index (χ0) is 8.10. The van der Waals surface area contributed by atoms with Crippen molar-refractivity contribution < 1.29 is 0 Å². The first kappa shape index (κ1) is 7.79. The summed E-state index contributed by atoms with van der Waals surface area (Å²) in [5.74, 6) is 0. The fourth-order valence-corrected chi connectivity index (χ4v) is 0.939. The summed E-state index contributed by atoms with van der Waals surface area (Å²) in [6.45, 7) is 2.00. The highest BCUT2D eigenvalue weighted by molar-refractivity contribution is 5.64. The maximum atomic E-state index is 4.00. The predicted octanol–water partition coefficient (Wildman–Crippen LogP) is 2.16. The van der Waals surface area contributed by atoms with Gasteiger partial charge in [0.15, 0.2) is 0 Å². The van der Waals surface area contributed by atoms with E-state index in [2.05, 4.69) is 10.3 Å². The molecule has 1 aromatic heterocycles. The van der Waals surface area contributed by atoms with Crippen molar-refractivity contribution >= 4 is 11.8 Å². The van der Waals surface area contributed by atoms with E-state index in [0.29, 0.717) is 0 Å². The summed E-state index contributed by atoms with van der Waals surface area (Å²) in [5, 5.41) is 3.07. The maximum absolute atomic E-state index is 4.00. The molecular formula is C9H12N2. The van der Waals surface area contributed by atoms with Crippen molar-refractivity contribution in [1.29, 1.82) is 0 Å². The van der Waals surface area contributed by atoms with Gasteiger partial charge in [-0.2, -0.15) is 0 Å². The third kappa shape index (κ3) is 1.80. The number of hydrogen-bond acceptors (Lipinski definition) is 2. The Labute approximate surface area is 67.0 Å². The molecule has 0 saturated carbocycles. The van der Waals surface area contributed by atoms with Gasteiger partial charge in [-0.25, -0.2) is 0 Å². The molecule has 0 spiro atoms. The van der Waals surface area contributed by atoms with Gasteiger partial charge in [-0.05, 0) is 13.0 Å². The third-order valence-corrected chi connectivity index (χ3v) is 1.47. The number of anilines is 1. The number of rotatable bonds is 2. The van der Waals surface area contributed by atoms with Gasteiger partial charge in [0.2, 0.25) is 0 Å². The van der Waals surface area contributed by atoms with E-state index in [1.807, 2.05) is 38.4 Å². The van der Waals surface area contributed by atoms with Crippen molar-refractivity contribution in [2.75, 3.05) is 12.4 Å². The van der Waals surface area contributed by atoms with E-state index < -0.39 is 0 Å². The lowest BCUT2D eigenvalue weighted by molar-refractivity contribution is 1.30. The van der Waals surface area contributed by atoms with Crippen LogP contribution in [-0.2, 0) is 0 Å². The van der Waals surface area contributed by atoms with Gasteiger partial charge in [0.1, 0.15) is 0 Å². The number of allylic oxidation sites excluding steroid dienone is 1. The fraction of sp³-hybridized carbons (Fsp3) is 0.222. The van der Waals surface area contributed by atoms with E-state index in [9.17, 15) is 0 Å². The van der Waals surface area contributed by atoms with Crippen LogP contribution in [0.15, 0.2) is 24.5 Å². The Morgan fingerprint density at radius 1 is 1.55 bits per heavy atom. The van der Waals surface area contributed by atoms with Crippen molar-refractivity contribution in [3.8, 4) is 0 Å². The second-order valence-electron chi connectivity index (χ2n) is 2.21. The van der Waals surface area contributed by atoms with Crippen molar-refractivity contribution in [3.05, 3.63) is 30.1 Å². The summed E-state index contributed by atoms with van der Waals surface area (Å²) in [4.78, 5) is 4.00. The molecule has 0 saturated heterocycles. The summed E-state index contributed by atoms with van der Waals surface area (Å²) in [6, 6.07) is 1.98. The Balaban J connectivity index is 3.02. The number of pyridine rings is 1. The largest absolute Gasteiger partial charge is 0.386 e. The molecule has 2 heteroatoms. The lowest BCUT2D eigenvalue weighted by atomic mass is 10.2. The molecule has 1 N–H and O–H groups in total. The summed E-state index contributed by atoms with van der Waals surface area (Å²) in [6.07, 6.45) is 7.66. The molecule has 0 fully saturated rings. The molecule has 0 aliphatic carbocycles. The van der Waals surface area contributed by atoms with Crippen LogP contribution < -0.4 is 5.32 Å². The highest BCUT2D eigenvalue weighted by atomic mass is 14.8. The van der Waals surface area contributed by atoms with Crippen LogP contribution >= 0.6 is 0 Å². The summed E-state index contributed by atoms with van der Waals surface area (Å²) >= 11 is 0. The molecule has 1 aromatic rings. The minimum absolute atomic E-state index is 1.06. The first-order valence-corrected chi connectivity index (χ1v) is 3.63. The van der Waals surface area contributed by atoms with Gasteiger partial charge in [0, 0.05) is 18.8 Å². The smallest absolute Gasteiger partial charge is 0.0597 e. The molecule has 58 valence electrons. The van der Waals surface area contributed by atoms with Crippen molar-refractivity contribution in [3.63, 3.8) is 0 Å². The van der Waals surface area contributed by atoms with E-state index in [0.717, 1.165) is 5.69 Å². The molecule has 0 bridgehead atoms.